The lowest BCUT2D eigenvalue weighted by Crippen LogP contribution is -2.57. The van der Waals surface area contributed by atoms with Gasteiger partial charge < -0.3 is 9.16 Å². The van der Waals surface area contributed by atoms with Crippen LogP contribution in [0, 0.1) is 16.0 Å². The average molecular weight is 437 g/mol. The molecule has 2 amide bonds. The molecule has 0 bridgehead atoms. The van der Waals surface area contributed by atoms with Crippen molar-refractivity contribution in [2.24, 2.45) is 5.92 Å². The number of imide groups is 1. The fraction of sp³-hybridized carbons (Fsp3) is 0.550. The van der Waals surface area contributed by atoms with Gasteiger partial charge in [0.15, 0.2) is 8.32 Å². The van der Waals surface area contributed by atoms with Crippen LogP contribution in [0.2, 0.25) is 18.1 Å². The Bertz CT molecular complexity index is 831. The highest BCUT2D eigenvalue weighted by Gasteiger charge is 2.44. The summed E-state index contributed by atoms with van der Waals surface area (Å²) in [5.41, 5.74) is 0.410. The zero-order valence-corrected chi connectivity index (χ0v) is 19.0. The van der Waals surface area contributed by atoms with Gasteiger partial charge in [-0.1, -0.05) is 20.8 Å². The number of non-ortho nitro benzene ring substituents is 1. The monoisotopic (exact) mass is 436 g/mol. The molecule has 164 valence electrons. The first-order valence-corrected chi connectivity index (χ1v) is 12.6. The smallest absolute Gasteiger partial charge is 0.397 e. The first kappa shape index (κ1) is 23.7. The fourth-order valence-electron chi connectivity index (χ4n) is 2.60. The van der Waals surface area contributed by atoms with Crippen LogP contribution in [0.4, 0.5) is 5.69 Å². The van der Waals surface area contributed by atoms with Crippen LogP contribution in [0.15, 0.2) is 24.3 Å². The highest BCUT2D eigenvalue weighted by molar-refractivity contribution is 6.74. The van der Waals surface area contributed by atoms with E-state index in [1.165, 1.54) is 24.3 Å². The second-order valence-corrected chi connectivity index (χ2v) is 13.7. The van der Waals surface area contributed by atoms with Gasteiger partial charge in [0, 0.05) is 25.3 Å². The molecular weight excluding hydrogens is 408 g/mol. The summed E-state index contributed by atoms with van der Waals surface area (Å²) >= 11 is 0. The molecule has 1 atom stereocenters. The van der Waals surface area contributed by atoms with Crippen LogP contribution in [-0.4, -0.2) is 49.1 Å². The van der Waals surface area contributed by atoms with E-state index >= 15 is 0 Å². The lowest BCUT2D eigenvalue weighted by molar-refractivity contribution is -0.384. The number of hydrogen-bond donors (Lipinski definition) is 0. The van der Waals surface area contributed by atoms with Crippen LogP contribution in [0.1, 0.15) is 32.8 Å². The molecule has 2 rings (SSSR count). The van der Waals surface area contributed by atoms with Gasteiger partial charge in [-0.2, -0.15) is 0 Å². The third-order valence-electron chi connectivity index (χ3n) is 5.69. The minimum atomic E-state index is -1.90. The maximum absolute atomic E-state index is 12.2. The molecule has 1 aromatic rings. The van der Waals surface area contributed by atoms with Crippen molar-refractivity contribution in [3.05, 3.63) is 39.9 Å². The van der Waals surface area contributed by atoms with E-state index in [1.54, 1.807) is 0 Å². The Morgan fingerprint density at radius 3 is 2.33 bits per heavy atom. The third kappa shape index (κ3) is 5.51. The summed E-state index contributed by atoms with van der Waals surface area (Å²) in [6, 6.07) is 5.42. The van der Waals surface area contributed by atoms with Crippen molar-refractivity contribution in [3.63, 3.8) is 0 Å². The normalized spacial score (nSPS) is 16.8. The number of benzene rings is 1. The van der Waals surface area contributed by atoms with Gasteiger partial charge in [0.05, 0.1) is 10.8 Å². The average Bonchev–Trinajstić information content (AvgIpc) is 2.66. The highest BCUT2D eigenvalue weighted by Crippen LogP contribution is 2.37. The van der Waals surface area contributed by atoms with E-state index in [-0.39, 0.29) is 29.8 Å². The number of carbonyl (C=O) groups excluding carboxylic acids is 3. The second-order valence-electron chi connectivity index (χ2n) is 8.85. The summed E-state index contributed by atoms with van der Waals surface area (Å²) in [5.74, 6) is -2.85. The van der Waals surface area contributed by atoms with Crippen molar-refractivity contribution in [2.45, 2.75) is 51.9 Å². The number of β-lactam (4-membered cyclic amide) rings is 1. The lowest BCUT2D eigenvalue weighted by atomic mass is 9.95. The Labute approximate surface area is 176 Å². The molecule has 0 aromatic heterocycles. The van der Waals surface area contributed by atoms with Crippen molar-refractivity contribution >= 4 is 31.8 Å². The Balaban J connectivity index is 1.77. The number of nitro benzene ring substituents is 1. The quantitative estimate of drug-likeness (QED) is 0.161. The molecule has 0 radical (unpaired) electrons. The summed E-state index contributed by atoms with van der Waals surface area (Å²) < 4.78 is 11.0. The van der Waals surface area contributed by atoms with Crippen molar-refractivity contribution in [2.75, 3.05) is 13.2 Å². The molecule has 1 aromatic carbocycles. The van der Waals surface area contributed by atoms with Gasteiger partial charge in [0.25, 0.3) is 5.69 Å². The fourth-order valence-corrected chi connectivity index (χ4v) is 3.66. The molecule has 0 aliphatic carbocycles. The number of nitro groups is 1. The molecule has 1 aliphatic rings. The molecule has 1 aliphatic heterocycles. The zero-order chi connectivity index (χ0) is 22.7. The van der Waals surface area contributed by atoms with Crippen LogP contribution < -0.4 is 0 Å². The van der Waals surface area contributed by atoms with E-state index in [0.717, 1.165) is 4.90 Å². The number of carbonyl (C=O) groups is 3. The van der Waals surface area contributed by atoms with E-state index in [4.69, 9.17) is 9.16 Å². The molecular formula is C20H28N2O7Si. The number of ether oxygens (including phenoxy) is 1. The molecule has 10 heteroatoms. The Morgan fingerprint density at radius 2 is 1.83 bits per heavy atom. The van der Waals surface area contributed by atoms with Crippen molar-refractivity contribution in [1.82, 2.24) is 4.90 Å². The summed E-state index contributed by atoms with van der Waals surface area (Å²) in [7, 11) is -1.90. The molecule has 30 heavy (non-hydrogen) atoms. The molecule has 1 unspecified atom stereocenters. The van der Waals surface area contributed by atoms with Crippen LogP contribution in [-0.2, 0) is 30.2 Å². The number of likely N-dealkylation sites (tertiary alicyclic amines) is 1. The van der Waals surface area contributed by atoms with E-state index in [9.17, 15) is 24.5 Å². The summed E-state index contributed by atoms with van der Waals surface area (Å²) in [6.07, 6.45) is 0.507. The number of nitrogens with zero attached hydrogens (tertiary/aromatic N) is 2. The second kappa shape index (κ2) is 9.05. The maximum atomic E-state index is 12.2. The molecule has 1 heterocycles. The summed E-state index contributed by atoms with van der Waals surface area (Å²) in [4.78, 5) is 47.3. The standard InChI is InChI=1S/C20H28N2O7Si/c1-20(2,3)30(4,5)29-11-10-15-12-21(17(15)23)18(24)19(25)28-13-14-6-8-16(9-7-14)22(26)27/h6-9,15H,10-13H2,1-5H3. The Hall–Kier alpha value is -2.59. The number of hydrogen-bond acceptors (Lipinski definition) is 7. The van der Waals surface area contributed by atoms with E-state index < -0.39 is 31.0 Å². The molecule has 0 saturated carbocycles. The first-order valence-electron chi connectivity index (χ1n) is 9.73. The van der Waals surface area contributed by atoms with Crippen LogP contribution in [0.25, 0.3) is 0 Å². The van der Waals surface area contributed by atoms with E-state index in [2.05, 4.69) is 33.9 Å². The van der Waals surface area contributed by atoms with E-state index in [1.807, 2.05) is 0 Å². The largest absolute Gasteiger partial charge is 0.454 e. The van der Waals surface area contributed by atoms with Gasteiger partial charge in [0.2, 0.25) is 5.91 Å². The van der Waals surface area contributed by atoms with Crippen LogP contribution in [0.5, 0.6) is 0 Å². The number of rotatable bonds is 7. The van der Waals surface area contributed by atoms with Gasteiger partial charge in [-0.15, -0.1) is 0 Å². The first-order chi connectivity index (χ1) is 13.8. The van der Waals surface area contributed by atoms with Gasteiger partial charge in [-0.25, -0.2) is 4.79 Å². The topological polar surface area (TPSA) is 116 Å². The minimum Gasteiger partial charge on any atom is -0.454 e. The van der Waals surface area contributed by atoms with Crippen molar-refractivity contribution in [1.29, 1.82) is 0 Å². The van der Waals surface area contributed by atoms with E-state index in [0.29, 0.717) is 18.6 Å². The van der Waals surface area contributed by atoms with Gasteiger partial charge >= 0.3 is 11.9 Å². The van der Waals surface area contributed by atoms with Gasteiger partial charge in [0.1, 0.15) is 6.61 Å². The molecule has 9 nitrogen and oxygen atoms in total. The lowest BCUT2D eigenvalue weighted by Gasteiger charge is -2.39. The van der Waals surface area contributed by atoms with Crippen LogP contribution >= 0.6 is 0 Å². The summed E-state index contributed by atoms with van der Waals surface area (Å²) in [5, 5.41) is 10.7. The number of amides is 2. The van der Waals surface area contributed by atoms with Crippen molar-refractivity contribution < 1.29 is 28.5 Å². The number of esters is 1. The summed E-state index contributed by atoms with van der Waals surface area (Å²) in [6.45, 7) is 11.1. The van der Waals surface area contributed by atoms with Gasteiger partial charge in [-0.05, 0) is 42.2 Å². The van der Waals surface area contributed by atoms with Gasteiger partial charge in [-0.3, -0.25) is 24.6 Å². The SMILES string of the molecule is CC(C)(C)[Si](C)(C)OCCC1CN(C(=O)C(=O)OCc2ccc([N+](=O)[O-])cc2)C1=O. The Morgan fingerprint density at radius 1 is 1.23 bits per heavy atom. The molecule has 1 saturated heterocycles. The molecule has 1 fully saturated rings. The van der Waals surface area contributed by atoms with Crippen LogP contribution in [0.3, 0.4) is 0 Å². The maximum Gasteiger partial charge on any atom is 0.397 e. The zero-order valence-electron chi connectivity index (χ0n) is 18.0. The highest BCUT2D eigenvalue weighted by atomic mass is 28.4. The predicted octanol–water partition coefficient (Wildman–Crippen LogP) is 3.03. The molecule has 0 spiro atoms. The predicted molar refractivity (Wildman–Crippen MR) is 111 cm³/mol. The van der Waals surface area contributed by atoms with Crippen molar-refractivity contribution in [3.8, 4) is 0 Å². The molecule has 0 N–H and O–H groups in total. The Kier molecular flexibility index (Phi) is 7.14. The third-order valence-corrected chi connectivity index (χ3v) is 10.2. The minimum absolute atomic E-state index is 0.0755.